The van der Waals surface area contributed by atoms with E-state index in [1.807, 2.05) is 26.0 Å². The molecule has 2 rings (SSSR count). The van der Waals surface area contributed by atoms with Crippen molar-refractivity contribution in [3.63, 3.8) is 0 Å². The Bertz CT molecular complexity index is 432. The number of thiophene rings is 1. The van der Waals surface area contributed by atoms with E-state index in [1.54, 1.807) is 0 Å². The van der Waals surface area contributed by atoms with Crippen LogP contribution in [0.15, 0.2) is 12.1 Å². The van der Waals surface area contributed by atoms with Gasteiger partial charge in [0.05, 0.1) is 22.5 Å². The zero-order chi connectivity index (χ0) is 13.8. The molecule has 2 heterocycles. The maximum absolute atomic E-state index is 11.9. The first kappa shape index (κ1) is 14.6. The van der Waals surface area contributed by atoms with Crippen LogP contribution in [0.25, 0.3) is 0 Å². The molecule has 0 saturated carbocycles. The number of amides is 2. The SMILES string of the molecule is CC(NC(=O)NC(C)C1CCCO1)c1ccc(Cl)s1. The minimum Gasteiger partial charge on any atom is -0.376 e. The molecule has 1 aliphatic heterocycles. The summed E-state index contributed by atoms with van der Waals surface area (Å²) in [5, 5.41) is 5.84. The first-order chi connectivity index (χ1) is 9.06. The Morgan fingerprint density at radius 3 is 2.84 bits per heavy atom. The Labute approximate surface area is 122 Å². The van der Waals surface area contributed by atoms with E-state index in [1.165, 1.54) is 11.3 Å². The standard InChI is InChI=1S/C13H19ClN2O2S/c1-8(10-4-3-7-18-10)15-13(17)16-9(2)11-5-6-12(14)19-11/h5-6,8-10H,3-4,7H2,1-2H3,(H2,15,16,17). The average molecular weight is 303 g/mol. The van der Waals surface area contributed by atoms with E-state index in [0.717, 1.165) is 28.7 Å². The molecule has 0 bridgehead atoms. The van der Waals surface area contributed by atoms with E-state index < -0.39 is 0 Å². The molecule has 3 atom stereocenters. The van der Waals surface area contributed by atoms with Crippen LogP contribution in [-0.4, -0.2) is 24.8 Å². The molecule has 2 amide bonds. The van der Waals surface area contributed by atoms with Gasteiger partial charge in [-0.2, -0.15) is 0 Å². The number of hydrogen-bond donors (Lipinski definition) is 2. The lowest BCUT2D eigenvalue weighted by molar-refractivity contribution is 0.0859. The number of rotatable bonds is 4. The minimum absolute atomic E-state index is 0.0293. The summed E-state index contributed by atoms with van der Waals surface area (Å²) >= 11 is 7.37. The third kappa shape index (κ3) is 4.09. The van der Waals surface area contributed by atoms with Gasteiger partial charge in [0.15, 0.2) is 0 Å². The van der Waals surface area contributed by atoms with E-state index >= 15 is 0 Å². The lowest BCUT2D eigenvalue weighted by atomic mass is 10.1. The minimum atomic E-state index is -0.167. The molecule has 6 heteroatoms. The van der Waals surface area contributed by atoms with E-state index in [-0.39, 0.29) is 24.2 Å². The van der Waals surface area contributed by atoms with Crippen molar-refractivity contribution in [2.24, 2.45) is 0 Å². The second-order valence-electron chi connectivity index (χ2n) is 4.82. The van der Waals surface area contributed by atoms with Crippen LogP contribution in [0.1, 0.15) is 37.6 Å². The summed E-state index contributed by atoms with van der Waals surface area (Å²) in [6, 6.07) is 3.59. The maximum atomic E-state index is 11.9. The predicted molar refractivity (Wildman–Crippen MR) is 77.8 cm³/mol. The molecule has 106 valence electrons. The highest BCUT2D eigenvalue weighted by atomic mass is 35.5. The maximum Gasteiger partial charge on any atom is 0.315 e. The number of urea groups is 1. The monoisotopic (exact) mass is 302 g/mol. The highest BCUT2D eigenvalue weighted by Gasteiger charge is 2.24. The topological polar surface area (TPSA) is 50.4 Å². The van der Waals surface area contributed by atoms with Gasteiger partial charge >= 0.3 is 6.03 Å². The number of carbonyl (C=O) groups excluding carboxylic acids is 1. The van der Waals surface area contributed by atoms with E-state index in [0.29, 0.717) is 0 Å². The third-order valence-electron chi connectivity index (χ3n) is 3.25. The van der Waals surface area contributed by atoms with Crippen molar-refractivity contribution in [2.45, 2.75) is 44.9 Å². The van der Waals surface area contributed by atoms with E-state index in [4.69, 9.17) is 16.3 Å². The van der Waals surface area contributed by atoms with Crippen molar-refractivity contribution in [1.82, 2.24) is 10.6 Å². The Morgan fingerprint density at radius 2 is 2.26 bits per heavy atom. The molecule has 2 N–H and O–H groups in total. The van der Waals surface area contributed by atoms with Crippen molar-refractivity contribution in [2.75, 3.05) is 6.61 Å². The highest BCUT2D eigenvalue weighted by Crippen LogP contribution is 2.26. The lowest BCUT2D eigenvalue weighted by Crippen LogP contribution is -2.46. The molecule has 3 unspecified atom stereocenters. The molecule has 1 saturated heterocycles. The Balaban J connectivity index is 1.80. The summed E-state index contributed by atoms with van der Waals surface area (Å²) in [5.41, 5.74) is 0. The van der Waals surface area contributed by atoms with Gasteiger partial charge in [-0.1, -0.05) is 11.6 Å². The van der Waals surface area contributed by atoms with Crippen molar-refractivity contribution < 1.29 is 9.53 Å². The average Bonchev–Trinajstić information content (AvgIpc) is 2.98. The normalized spacial score (nSPS) is 21.9. The molecule has 1 aromatic heterocycles. The van der Waals surface area contributed by atoms with Gasteiger partial charge in [0.1, 0.15) is 0 Å². The van der Waals surface area contributed by atoms with Gasteiger partial charge in [-0.25, -0.2) is 4.79 Å². The molecule has 1 aromatic rings. The summed E-state index contributed by atoms with van der Waals surface area (Å²) < 4.78 is 6.28. The Kier molecular flexibility index (Phi) is 5.07. The van der Waals surface area contributed by atoms with Gasteiger partial charge in [-0.15, -0.1) is 11.3 Å². The largest absolute Gasteiger partial charge is 0.376 e. The fourth-order valence-corrected chi connectivity index (χ4v) is 3.23. The second-order valence-corrected chi connectivity index (χ2v) is 6.57. The summed E-state index contributed by atoms with van der Waals surface area (Å²) in [4.78, 5) is 12.9. The summed E-state index contributed by atoms with van der Waals surface area (Å²) in [7, 11) is 0. The van der Waals surface area contributed by atoms with Gasteiger partial charge in [0.2, 0.25) is 0 Å². The highest BCUT2D eigenvalue weighted by molar-refractivity contribution is 7.16. The molecule has 0 aromatic carbocycles. The fourth-order valence-electron chi connectivity index (χ4n) is 2.17. The fraction of sp³-hybridized carbons (Fsp3) is 0.615. The van der Waals surface area contributed by atoms with Crippen LogP contribution in [0.4, 0.5) is 4.79 Å². The molecule has 4 nitrogen and oxygen atoms in total. The molecule has 0 aliphatic carbocycles. The van der Waals surface area contributed by atoms with Crippen LogP contribution in [-0.2, 0) is 4.74 Å². The summed E-state index contributed by atoms with van der Waals surface area (Å²) in [6.07, 6.45) is 2.22. The zero-order valence-electron chi connectivity index (χ0n) is 11.1. The van der Waals surface area contributed by atoms with Crippen LogP contribution in [0.3, 0.4) is 0 Å². The van der Waals surface area contributed by atoms with Gasteiger partial charge in [-0.05, 0) is 38.8 Å². The van der Waals surface area contributed by atoms with E-state index in [2.05, 4.69) is 10.6 Å². The molecule has 1 aliphatic rings. The zero-order valence-corrected chi connectivity index (χ0v) is 12.7. The van der Waals surface area contributed by atoms with E-state index in [9.17, 15) is 4.79 Å². The number of ether oxygens (including phenoxy) is 1. The summed E-state index contributed by atoms with van der Waals surface area (Å²) in [6.45, 7) is 4.71. The van der Waals surface area contributed by atoms with Crippen molar-refractivity contribution in [3.8, 4) is 0 Å². The van der Waals surface area contributed by atoms with Crippen molar-refractivity contribution >= 4 is 29.0 Å². The quantitative estimate of drug-likeness (QED) is 0.896. The number of halogens is 1. The summed E-state index contributed by atoms with van der Waals surface area (Å²) in [5.74, 6) is 0. The van der Waals surface area contributed by atoms with Gasteiger partial charge in [-0.3, -0.25) is 0 Å². The number of nitrogens with one attached hydrogen (secondary N) is 2. The third-order valence-corrected chi connectivity index (χ3v) is 4.66. The van der Waals surface area contributed by atoms with Crippen molar-refractivity contribution in [3.05, 3.63) is 21.3 Å². The van der Waals surface area contributed by atoms with Gasteiger partial charge in [0.25, 0.3) is 0 Å². The number of hydrogen-bond acceptors (Lipinski definition) is 3. The molecule has 1 fully saturated rings. The van der Waals surface area contributed by atoms with Crippen LogP contribution in [0.5, 0.6) is 0 Å². The number of carbonyl (C=O) groups is 1. The second kappa shape index (κ2) is 6.59. The van der Waals surface area contributed by atoms with Crippen LogP contribution in [0, 0.1) is 0 Å². The first-order valence-corrected chi connectivity index (χ1v) is 7.69. The van der Waals surface area contributed by atoms with Crippen LogP contribution >= 0.6 is 22.9 Å². The Hall–Kier alpha value is -0.780. The smallest absolute Gasteiger partial charge is 0.315 e. The molecular weight excluding hydrogens is 284 g/mol. The Morgan fingerprint density at radius 1 is 1.47 bits per heavy atom. The van der Waals surface area contributed by atoms with Crippen LogP contribution < -0.4 is 10.6 Å². The predicted octanol–water partition coefficient (Wildman–Crippen LogP) is 3.33. The lowest BCUT2D eigenvalue weighted by Gasteiger charge is -2.21. The first-order valence-electron chi connectivity index (χ1n) is 6.50. The van der Waals surface area contributed by atoms with Crippen molar-refractivity contribution in [1.29, 1.82) is 0 Å². The molecule has 19 heavy (non-hydrogen) atoms. The molecule has 0 radical (unpaired) electrons. The molecule has 0 spiro atoms. The van der Waals surface area contributed by atoms with Crippen LogP contribution in [0.2, 0.25) is 4.34 Å². The van der Waals surface area contributed by atoms with Gasteiger partial charge in [0, 0.05) is 11.5 Å². The van der Waals surface area contributed by atoms with Gasteiger partial charge < -0.3 is 15.4 Å². The molecular formula is C13H19ClN2O2S.